The van der Waals surface area contributed by atoms with Gasteiger partial charge in [-0.3, -0.25) is 9.59 Å². The van der Waals surface area contributed by atoms with Crippen LogP contribution in [-0.4, -0.2) is 17.1 Å². The molecule has 3 rings (SSSR count). The molecule has 0 aliphatic rings. The van der Waals surface area contributed by atoms with E-state index in [1.54, 1.807) is 29.0 Å². The van der Waals surface area contributed by atoms with Gasteiger partial charge in [-0.05, 0) is 55.7 Å². The standard InChI is InChI=1S/C23H26N2O3/c1-3-5-7-17-10-12-18(13-11-17)24-22(26)16-28-21-9-6-8-20-19(21)14-15-25(4-2)23(20)27/h6,8-15H,3-5,7,16H2,1-2H3,(H,24,26). The predicted molar refractivity (Wildman–Crippen MR) is 113 cm³/mol. The number of nitrogens with zero attached hydrogens (tertiary/aromatic N) is 1. The van der Waals surface area contributed by atoms with Gasteiger partial charge in [-0.15, -0.1) is 0 Å². The number of unbranched alkanes of at least 4 members (excludes halogenated alkanes) is 1. The Balaban J connectivity index is 1.64. The number of hydrogen-bond donors (Lipinski definition) is 1. The van der Waals surface area contributed by atoms with Crippen LogP contribution in [0.5, 0.6) is 5.75 Å². The number of anilines is 1. The Morgan fingerprint density at radius 3 is 2.54 bits per heavy atom. The van der Waals surface area contributed by atoms with Crippen LogP contribution in [0.25, 0.3) is 10.8 Å². The predicted octanol–water partition coefficient (Wildman–Crippen LogP) is 4.38. The number of benzene rings is 2. The highest BCUT2D eigenvalue weighted by Crippen LogP contribution is 2.23. The summed E-state index contributed by atoms with van der Waals surface area (Å²) >= 11 is 0. The Labute approximate surface area is 165 Å². The molecule has 2 aromatic carbocycles. The van der Waals surface area contributed by atoms with Crippen LogP contribution in [0.1, 0.15) is 32.3 Å². The van der Waals surface area contributed by atoms with E-state index in [0.29, 0.717) is 23.1 Å². The van der Waals surface area contributed by atoms with E-state index in [1.807, 2.05) is 37.3 Å². The fourth-order valence-electron chi connectivity index (χ4n) is 3.14. The van der Waals surface area contributed by atoms with E-state index in [4.69, 9.17) is 4.74 Å². The third kappa shape index (κ3) is 4.60. The molecular formula is C23H26N2O3. The Kier molecular flexibility index (Phi) is 6.48. The highest BCUT2D eigenvalue weighted by atomic mass is 16.5. The molecule has 0 fully saturated rings. The summed E-state index contributed by atoms with van der Waals surface area (Å²) in [5, 5.41) is 4.14. The van der Waals surface area contributed by atoms with Gasteiger partial charge in [0.05, 0.1) is 5.39 Å². The lowest BCUT2D eigenvalue weighted by molar-refractivity contribution is -0.118. The average molecular weight is 378 g/mol. The highest BCUT2D eigenvalue weighted by molar-refractivity contribution is 5.92. The Morgan fingerprint density at radius 1 is 1.04 bits per heavy atom. The molecule has 0 saturated carbocycles. The largest absolute Gasteiger partial charge is 0.483 e. The molecule has 0 aliphatic carbocycles. The van der Waals surface area contributed by atoms with Gasteiger partial charge in [-0.2, -0.15) is 0 Å². The molecule has 0 saturated heterocycles. The minimum atomic E-state index is -0.236. The van der Waals surface area contributed by atoms with Crippen molar-refractivity contribution in [2.45, 2.75) is 39.7 Å². The monoisotopic (exact) mass is 378 g/mol. The van der Waals surface area contributed by atoms with E-state index in [9.17, 15) is 9.59 Å². The van der Waals surface area contributed by atoms with Crippen LogP contribution in [-0.2, 0) is 17.8 Å². The van der Waals surface area contributed by atoms with E-state index in [1.165, 1.54) is 5.56 Å². The number of fused-ring (bicyclic) bond motifs is 1. The van der Waals surface area contributed by atoms with Crippen molar-refractivity contribution in [3.05, 3.63) is 70.6 Å². The molecule has 1 heterocycles. The molecule has 0 bridgehead atoms. The van der Waals surface area contributed by atoms with Crippen molar-refractivity contribution in [1.29, 1.82) is 0 Å². The fourth-order valence-corrected chi connectivity index (χ4v) is 3.14. The first-order valence-electron chi connectivity index (χ1n) is 9.76. The number of nitrogens with one attached hydrogen (secondary N) is 1. The van der Waals surface area contributed by atoms with Crippen LogP contribution in [0.3, 0.4) is 0 Å². The summed E-state index contributed by atoms with van der Waals surface area (Å²) in [6.45, 7) is 4.59. The van der Waals surface area contributed by atoms with Gasteiger partial charge in [0.2, 0.25) is 0 Å². The number of aryl methyl sites for hydroxylation is 2. The second kappa shape index (κ2) is 9.22. The van der Waals surface area contributed by atoms with Crippen LogP contribution in [0.4, 0.5) is 5.69 Å². The molecule has 28 heavy (non-hydrogen) atoms. The second-order valence-corrected chi connectivity index (χ2v) is 6.76. The average Bonchev–Trinajstić information content (AvgIpc) is 2.72. The fraction of sp³-hybridized carbons (Fsp3) is 0.304. The number of rotatable bonds is 8. The summed E-state index contributed by atoms with van der Waals surface area (Å²) in [7, 11) is 0. The molecule has 146 valence electrons. The lowest BCUT2D eigenvalue weighted by atomic mass is 10.1. The Hall–Kier alpha value is -3.08. The molecular weight excluding hydrogens is 352 g/mol. The van der Waals surface area contributed by atoms with Crippen molar-refractivity contribution in [2.75, 3.05) is 11.9 Å². The topological polar surface area (TPSA) is 60.3 Å². The second-order valence-electron chi connectivity index (χ2n) is 6.76. The lowest BCUT2D eigenvalue weighted by Crippen LogP contribution is -2.21. The molecule has 1 aromatic heterocycles. The molecule has 0 spiro atoms. The number of carbonyl (C=O) groups excluding carboxylic acids is 1. The van der Waals surface area contributed by atoms with Crippen LogP contribution < -0.4 is 15.6 Å². The molecule has 1 N–H and O–H groups in total. The number of amides is 1. The van der Waals surface area contributed by atoms with Gasteiger partial charge in [0.25, 0.3) is 11.5 Å². The van der Waals surface area contributed by atoms with E-state index in [-0.39, 0.29) is 18.1 Å². The summed E-state index contributed by atoms with van der Waals surface area (Å²) in [6, 6.07) is 15.1. The molecule has 0 atom stereocenters. The van der Waals surface area contributed by atoms with E-state index in [2.05, 4.69) is 12.2 Å². The van der Waals surface area contributed by atoms with Crippen molar-refractivity contribution >= 4 is 22.4 Å². The van der Waals surface area contributed by atoms with Gasteiger partial charge in [-0.1, -0.05) is 31.5 Å². The van der Waals surface area contributed by atoms with Gasteiger partial charge in [0.15, 0.2) is 6.61 Å². The molecule has 0 aliphatic heterocycles. The van der Waals surface area contributed by atoms with Crippen LogP contribution in [0.15, 0.2) is 59.5 Å². The summed E-state index contributed by atoms with van der Waals surface area (Å²) in [6.07, 6.45) is 5.12. The van der Waals surface area contributed by atoms with Gasteiger partial charge in [0.1, 0.15) is 5.75 Å². The zero-order valence-electron chi connectivity index (χ0n) is 16.4. The number of aromatic nitrogens is 1. The molecule has 5 heteroatoms. The van der Waals surface area contributed by atoms with Crippen molar-refractivity contribution < 1.29 is 9.53 Å². The highest BCUT2D eigenvalue weighted by Gasteiger charge is 2.09. The van der Waals surface area contributed by atoms with E-state index < -0.39 is 0 Å². The zero-order valence-corrected chi connectivity index (χ0v) is 16.4. The molecule has 1 amide bonds. The van der Waals surface area contributed by atoms with Gasteiger partial charge >= 0.3 is 0 Å². The number of ether oxygens (including phenoxy) is 1. The first-order valence-corrected chi connectivity index (χ1v) is 9.76. The SMILES string of the molecule is CCCCc1ccc(NC(=O)COc2cccc3c(=O)n(CC)ccc23)cc1. The normalized spacial score (nSPS) is 10.8. The minimum absolute atomic E-state index is 0.0573. The molecule has 0 unspecified atom stereocenters. The first kappa shape index (κ1) is 19.7. The third-order valence-corrected chi connectivity index (χ3v) is 4.73. The van der Waals surface area contributed by atoms with E-state index in [0.717, 1.165) is 24.9 Å². The van der Waals surface area contributed by atoms with Crippen molar-refractivity contribution in [3.63, 3.8) is 0 Å². The zero-order chi connectivity index (χ0) is 19.9. The molecule has 0 radical (unpaired) electrons. The van der Waals surface area contributed by atoms with Crippen LogP contribution in [0.2, 0.25) is 0 Å². The Morgan fingerprint density at radius 2 is 1.82 bits per heavy atom. The van der Waals surface area contributed by atoms with Crippen molar-refractivity contribution in [1.82, 2.24) is 4.57 Å². The van der Waals surface area contributed by atoms with E-state index >= 15 is 0 Å². The summed E-state index contributed by atoms with van der Waals surface area (Å²) < 4.78 is 7.34. The summed E-state index contributed by atoms with van der Waals surface area (Å²) in [5.74, 6) is 0.295. The van der Waals surface area contributed by atoms with Gasteiger partial charge < -0.3 is 14.6 Å². The van der Waals surface area contributed by atoms with Crippen molar-refractivity contribution in [3.8, 4) is 5.75 Å². The Bertz CT molecular complexity index is 1010. The quantitative estimate of drug-likeness (QED) is 0.633. The molecule has 3 aromatic rings. The van der Waals surface area contributed by atoms with Crippen LogP contribution >= 0.6 is 0 Å². The minimum Gasteiger partial charge on any atom is -0.483 e. The molecule has 5 nitrogen and oxygen atoms in total. The maximum absolute atomic E-state index is 12.4. The number of hydrogen-bond acceptors (Lipinski definition) is 3. The lowest BCUT2D eigenvalue weighted by Gasteiger charge is -2.11. The van der Waals surface area contributed by atoms with Crippen molar-refractivity contribution in [2.24, 2.45) is 0 Å². The van der Waals surface area contributed by atoms with Crippen LogP contribution in [0, 0.1) is 0 Å². The number of carbonyl (C=O) groups is 1. The van der Waals surface area contributed by atoms with Gasteiger partial charge in [-0.25, -0.2) is 0 Å². The maximum atomic E-state index is 12.4. The van der Waals surface area contributed by atoms with Gasteiger partial charge in [0, 0.05) is 23.8 Å². The third-order valence-electron chi connectivity index (χ3n) is 4.73. The summed E-state index contributed by atoms with van der Waals surface area (Å²) in [4.78, 5) is 24.7. The maximum Gasteiger partial charge on any atom is 0.262 e. The first-order chi connectivity index (χ1) is 13.6. The number of pyridine rings is 1. The summed E-state index contributed by atoms with van der Waals surface area (Å²) in [5.41, 5.74) is 1.96. The smallest absolute Gasteiger partial charge is 0.262 e.